The van der Waals surface area contributed by atoms with Crippen molar-refractivity contribution in [2.75, 3.05) is 7.11 Å². The summed E-state index contributed by atoms with van der Waals surface area (Å²) in [6, 6.07) is 5.01. The molecule has 6 heteroatoms. The van der Waals surface area contributed by atoms with Gasteiger partial charge >= 0.3 is 0 Å². The minimum atomic E-state index is -0.566. The standard InChI is InChI=1S/C16H12O6/c1-22-12-3-7(6-17)2-9-14(12)16(21)13-10(15(9)20)4-8(18)5-11(13)19/h2-5,17-19H,6H2,1H3. The minimum absolute atomic E-state index is 0.0400. The third kappa shape index (κ3) is 1.85. The molecule has 2 aromatic rings. The Morgan fingerprint density at radius 2 is 1.64 bits per heavy atom. The molecule has 0 bridgehead atoms. The molecule has 0 radical (unpaired) electrons. The van der Waals surface area contributed by atoms with E-state index in [-0.39, 0.29) is 40.4 Å². The van der Waals surface area contributed by atoms with Gasteiger partial charge in [0.1, 0.15) is 17.2 Å². The van der Waals surface area contributed by atoms with Crippen LogP contribution in [0.15, 0.2) is 24.3 Å². The van der Waals surface area contributed by atoms with Gasteiger partial charge in [0.05, 0.1) is 24.8 Å². The zero-order valence-corrected chi connectivity index (χ0v) is 11.6. The maximum atomic E-state index is 12.6. The molecule has 3 N–H and O–H groups in total. The Balaban J connectivity index is 2.36. The fraction of sp³-hybridized carbons (Fsp3) is 0.125. The second kappa shape index (κ2) is 4.85. The van der Waals surface area contributed by atoms with Crippen molar-refractivity contribution in [1.82, 2.24) is 0 Å². The maximum absolute atomic E-state index is 12.6. The van der Waals surface area contributed by atoms with Gasteiger partial charge in [-0.2, -0.15) is 0 Å². The molecule has 0 heterocycles. The number of fused-ring (bicyclic) bond motifs is 2. The molecule has 1 aliphatic rings. The van der Waals surface area contributed by atoms with Crippen LogP contribution in [-0.2, 0) is 6.61 Å². The molecule has 3 rings (SSSR count). The first-order valence-corrected chi connectivity index (χ1v) is 6.45. The zero-order valence-electron chi connectivity index (χ0n) is 11.6. The summed E-state index contributed by atoms with van der Waals surface area (Å²) in [5.74, 6) is -1.72. The molecule has 0 aromatic heterocycles. The van der Waals surface area contributed by atoms with Crippen LogP contribution in [0.1, 0.15) is 37.4 Å². The number of carbonyl (C=O) groups excluding carboxylic acids is 2. The van der Waals surface area contributed by atoms with Crippen LogP contribution < -0.4 is 4.74 Å². The number of hydrogen-bond donors (Lipinski definition) is 3. The first-order chi connectivity index (χ1) is 10.5. The molecule has 0 atom stereocenters. The molecule has 0 spiro atoms. The Labute approximate surface area is 125 Å². The molecule has 0 fully saturated rings. The summed E-state index contributed by atoms with van der Waals surface area (Å²) in [5.41, 5.74) is 0.297. The minimum Gasteiger partial charge on any atom is -0.508 e. The van der Waals surface area contributed by atoms with Gasteiger partial charge in [-0.1, -0.05) is 0 Å². The number of benzene rings is 2. The Kier molecular flexibility index (Phi) is 3.11. The predicted molar refractivity (Wildman–Crippen MR) is 75.6 cm³/mol. The average Bonchev–Trinajstić information content (AvgIpc) is 2.50. The molecular formula is C16H12O6. The van der Waals surface area contributed by atoms with Gasteiger partial charge in [-0.15, -0.1) is 0 Å². The van der Waals surface area contributed by atoms with Crippen LogP contribution in [0, 0.1) is 0 Å². The molecule has 0 saturated heterocycles. The number of phenols is 2. The maximum Gasteiger partial charge on any atom is 0.201 e. The predicted octanol–water partition coefficient (Wildman–Crippen LogP) is 1.37. The van der Waals surface area contributed by atoms with E-state index in [9.17, 15) is 24.9 Å². The van der Waals surface area contributed by atoms with Gasteiger partial charge < -0.3 is 20.1 Å². The highest BCUT2D eigenvalue weighted by molar-refractivity contribution is 6.30. The fourth-order valence-corrected chi connectivity index (χ4v) is 2.64. The molecule has 6 nitrogen and oxygen atoms in total. The summed E-state index contributed by atoms with van der Waals surface area (Å²) in [7, 11) is 1.35. The largest absolute Gasteiger partial charge is 0.508 e. The summed E-state index contributed by atoms with van der Waals surface area (Å²) in [6.07, 6.45) is 0. The molecule has 0 saturated carbocycles. The van der Waals surface area contributed by atoms with Gasteiger partial charge in [-0.05, 0) is 23.8 Å². The highest BCUT2D eigenvalue weighted by Gasteiger charge is 2.35. The van der Waals surface area contributed by atoms with E-state index in [1.807, 2.05) is 0 Å². The summed E-state index contributed by atoms with van der Waals surface area (Å²) in [6.45, 7) is -0.316. The molecule has 1 aliphatic carbocycles. The van der Waals surface area contributed by atoms with E-state index in [0.717, 1.165) is 12.1 Å². The number of ether oxygens (including phenoxy) is 1. The number of aromatic hydroxyl groups is 2. The van der Waals surface area contributed by atoms with Crippen LogP contribution in [0.3, 0.4) is 0 Å². The lowest BCUT2D eigenvalue weighted by Crippen LogP contribution is -2.22. The molecule has 112 valence electrons. The number of methoxy groups -OCH3 is 1. The number of ketones is 2. The van der Waals surface area contributed by atoms with Gasteiger partial charge in [0.15, 0.2) is 5.78 Å². The van der Waals surface area contributed by atoms with Gasteiger partial charge in [-0.3, -0.25) is 9.59 Å². The lowest BCUT2D eigenvalue weighted by Gasteiger charge is -2.21. The summed E-state index contributed by atoms with van der Waals surface area (Å²) >= 11 is 0. The number of carbonyl (C=O) groups is 2. The number of hydrogen-bond acceptors (Lipinski definition) is 6. The van der Waals surface area contributed by atoms with Crippen LogP contribution in [0.4, 0.5) is 0 Å². The lowest BCUT2D eigenvalue weighted by molar-refractivity contribution is 0.0973. The van der Waals surface area contributed by atoms with E-state index in [4.69, 9.17) is 4.74 Å². The van der Waals surface area contributed by atoms with Gasteiger partial charge in [0, 0.05) is 17.2 Å². The van der Waals surface area contributed by atoms with Crippen molar-refractivity contribution in [2.24, 2.45) is 0 Å². The summed E-state index contributed by atoms with van der Waals surface area (Å²) in [5, 5.41) is 28.7. The topological polar surface area (TPSA) is 104 Å². The van der Waals surface area contributed by atoms with E-state index in [1.54, 1.807) is 0 Å². The van der Waals surface area contributed by atoms with Crippen molar-refractivity contribution in [3.05, 3.63) is 52.1 Å². The van der Waals surface area contributed by atoms with Crippen molar-refractivity contribution in [3.63, 3.8) is 0 Å². The van der Waals surface area contributed by atoms with E-state index >= 15 is 0 Å². The number of aliphatic hydroxyl groups is 1. The Bertz CT molecular complexity index is 822. The number of phenolic OH excluding ortho intramolecular Hbond substituents is 2. The average molecular weight is 300 g/mol. The molecule has 0 amide bonds. The van der Waals surface area contributed by atoms with E-state index in [0.29, 0.717) is 5.56 Å². The van der Waals surface area contributed by atoms with E-state index in [1.165, 1.54) is 19.2 Å². The van der Waals surface area contributed by atoms with Crippen molar-refractivity contribution in [3.8, 4) is 17.2 Å². The first kappa shape index (κ1) is 14.1. The smallest absolute Gasteiger partial charge is 0.201 e. The van der Waals surface area contributed by atoms with E-state index in [2.05, 4.69) is 0 Å². The second-order valence-corrected chi connectivity index (χ2v) is 4.92. The van der Waals surface area contributed by atoms with Crippen molar-refractivity contribution < 1.29 is 29.6 Å². The Morgan fingerprint density at radius 3 is 2.27 bits per heavy atom. The molecule has 2 aromatic carbocycles. The third-order valence-corrected chi connectivity index (χ3v) is 3.61. The molecular weight excluding hydrogens is 288 g/mol. The quantitative estimate of drug-likeness (QED) is 0.660. The van der Waals surface area contributed by atoms with Crippen LogP contribution in [-0.4, -0.2) is 34.0 Å². The number of rotatable bonds is 2. The SMILES string of the molecule is COc1cc(CO)cc2c1C(=O)c1c(O)cc(O)cc1C2=O. The molecule has 0 aliphatic heterocycles. The third-order valence-electron chi connectivity index (χ3n) is 3.61. The Hall–Kier alpha value is -2.86. The monoisotopic (exact) mass is 300 g/mol. The second-order valence-electron chi connectivity index (χ2n) is 4.92. The van der Waals surface area contributed by atoms with Crippen LogP contribution in [0.5, 0.6) is 17.2 Å². The van der Waals surface area contributed by atoms with Crippen molar-refractivity contribution in [1.29, 1.82) is 0 Å². The first-order valence-electron chi connectivity index (χ1n) is 6.45. The van der Waals surface area contributed by atoms with Crippen molar-refractivity contribution in [2.45, 2.75) is 6.61 Å². The summed E-state index contributed by atoms with van der Waals surface area (Å²) < 4.78 is 5.14. The highest BCUT2D eigenvalue weighted by Crippen LogP contribution is 2.39. The molecule has 22 heavy (non-hydrogen) atoms. The van der Waals surface area contributed by atoms with Crippen LogP contribution in [0.25, 0.3) is 0 Å². The highest BCUT2D eigenvalue weighted by atomic mass is 16.5. The van der Waals surface area contributed by atoms with Gasteiger partial charge in [0.2, 0.25) is 5.78 Å². The van der Waals surface area contributed by atoms with Gasteiger partial charge in [-0.25, -0.2) is 0 Å². The lowest BCUT2D eigenvalue weighted by atomic mass is 9.82. The molecule has 0 unspecified atom stereocenters. The fourth-order valence-electron chi connectivity index (χ4n) is 2.64. The Morgan fingerprint density at radius 1 is 0.955 bits per heavy atom. The van der Waals surface area contributed by atoms with E-state index < -0.39 is 17.3 Å². The van der Waals surface area contributed by atoms with Crippen LogP contribution in [0.2, 0.25) is 0 Å². The van der Waals surface area contributed by atoms with Crippen LogP contribution >= 0.6 is 0 Å². The normalized spacial score (nSPS) is 12.8. The van der Waals surface area contributed by atoms with Gasteiger partial charge in [0.25, 0.3) is 0 Å². The zero-order chi connectivity index (χ0) is 16.0. The number of aliphatic hydroxyl groups excluding tert-OH is 1. The van der Waals surface area contributed by atoms with Crippen molar-refractivity contribution >= 4 is 11.6 Å². The summed E-state index contributed by atoms with van der Waals surface area (Å²) in [4.78, 5) is 25.2.